The van der Waals surface area contributed by atoms with E-state index in [9.17, 15) is 22.8 Å². The average Bonchev–Trinajstić information content (AvgIpc) is 2.00. The Morgan fingerprint density at radius 2 is 1.92 bits per heavy atom. The third kappa shape index (κ3) is 2.02. The van der Waals surface area contributed by atoms with E-state index in [0.29, 0.717) is 0 Å². The third-order valence-corrected chi connectivity index (χ3v) is 1.13. The highest BCUT2D eigenvalue weighted by molar-refractivity contribution is 6.03. The van der Waals surface area contributed by atoms with Crippen LogP contribution >= 0.6 is 0 Å². The zero-order valence-corrected chi connectivity index (χ0v) is 6.01. The van der Waals surface area contributed by atoms with Crippen molar-refractivity contribution in [3.05, 3.63) is 0 Å². The summed E-state index contributed by atoms with van der Waals surface area (Å²) >= 11 is 0. The van der Waals surface area contributed by atoms with Crippen molar-refractivity contribution in [3.63, 3.8) is 0 Å². The van der Waals surface area contributed by atoms with Gasteiger partial charge in [-0.3, -0.25) is 15.3 Å². The molecule has 0 aliphatic carbocycles. The van der Waals surface area contributed by atoms with Crippen LogP contribution in [0.4, 0.5) is 13.2 Å². The van der Waals surface area contributed by atoms with Gasteiger partial charge in [0, 0.05) is 7.11 Å². The van der Waals surface area contributed by atoms with Crippen molar-refractivity contribution in [1.29, 1.82) is 0 Å². The van der Waals surface area contributed by atoms with Gasteiger partial charge < -0.3 is 4.74 Å². The maximum absolute atomic E-state index is 11.7. The lowest BCUT2D eigenvalue weighted by molar-refractivity contribution is -0.191. The fraction of sp³-hybridized carbons (Fsp3) is 0.600. The summed E-state index contributed by atoms with van der Waals surface area (Å²) in [5.41, 5.74) is 1.75. The molecule has 1 atom stereocenters. The summed E-state index contributed by atoms with van der Waals surface area (Å²) in [5, 5.41) is 0. The normalized spacial score (nSPS) is 16.8. The van der Waals surface area contributed by atoms with Gasteiger partial charge >= 0.3 is 6.18 Å². The smallest absolute Gasteiger partial charge is 0.351 e. The van der Waals surface area contributed by atoms with Crippen LogP contribution in [0, 0.1) is 0 Å². The van der Waals surface area contributed by atoms with Crippen molar-refractivity contribution < 1.29 is 27.5 Å². The van der Waals surface area contributed by atoms with Gasteiger partial charge in [0.25, 0.3) is 5.78 Å². The SMILES string of the molecule is COC(N)(C=O)C(=O)C(F)(F)F. The molecule has 0 heterocycles. The second-order valence-corrected chi connectivity index (χ2v) is 1.94. The Balaban J connectivity index is 4.78. The highest BCUT2D eigenvalue weighted by Crippen LogP contribution is 2.21. The molecule has 0 spiro atoms. The molecular formula is C5H6F3NO3. The lowest BCUT2D eigenvalue weighted by Crippen LogP contribution is -2.56. The molecule has 12 heavy (non-hydrogen) atoms. The van der Waals surface area contributed by atoms with Gasteiger partial charge in [-0.2, -0.15) is 13.2 Å². The molecule has 0 aromatic carbocycles. The highest BCUT2D eigenvalue weighted by Gasteiger charge is 2.51. The van der Waals surface area contributed by atoms with E-state index in [1.165, 1.54) is 0 Å². The molecule has 0 saturated heterocycles. The molecule has 0 aliphatic heterocycles. The van der Waals surface area contributed by atoms with E-state index >= 15 is 0 Å². The summed E-state index contributed by atoms with van der Waals surface area (Å²) < 4.78 is 38.9. The van der Waals surface area contributed by atoms with E-state index in [1.807, 2.05) is 0 Å². The molecule has 0 amide bonds. The first kappa shape index (κ1) is 11.1. The van der Waals surface area contributed by atoms with E-state index in [2.05, 4.69) is 10.5 Å². The van der Waals surface area contributed by atoms with Gasteiger partial charge in [-0.05, 0) is 0 Å². The first-order chi connectivity index (χ1) is 5.28. The molecule has 0 rings (SSSR count). The van der Waals surface area contributed by atoms with Crippen LogP contribution in [0.2, 0.25) is 0 Å². The van der Waals surface area contributed by atoms with Gasteiger partial charge in [-0.15, -0.1) is 0 Å². The fourth-order valence-electron chi connectivity index (χ4n) is 0.416. The molecule has 7 heteroatoms. The van der Waals surface area contributed by atoms with Gasteiger partial charge in [-0.25, -0.2) is 0 Å². The molecule has 1 unspecified atom stereocenters. The molecule has 0 bridgehead atoms. The number of hydrogen-bond donors (Lipinski definition) is 1. The largest absolute Gasteiger partial charge is 0.455 e. The molecule has 0 aromatic heterocycles. The number of rotatable bonds is 3. The summed E-state index contributed by atoms with van der Waals surface area (Å²) in [6.45, 7) is 0. The number of halogens is 3. The maximum Gasteiger partial charge on any atom is 0.455 e. The van der Waals surface area contributed by atoms with Crippen LogP contribution in [-0.2, 0) is 14.3 Å². The number of nitrogens with two attached hydrogens (primary N) is 1. The lowest BCUT2D eigenvalue weighted by atomic mass is 10.1. The number of alkyl halides is 3. The number of hydrogen-bond acceptors (Lipinski definition) is 4. The summed E-state index contributed by atoms with van der Waals surface area (Å²) in [6.07, 6.45) is -5.57. The highest BCUT2D eigenvalue weighted by atomic mass is 19.4. The second kappa shape index (κ2) is 3.20. The quantitative estimate of drug-likeness (QED) is 0.369. The summed E-state index contributed by atoms with van der Waals surface area (Å²) in [6, 6.07) is 0. The Kier molecular flexibility index (Phi) is 2.94. The first-order valence-corrected chi connectivity index (χ1v) is 2.70. The summed E-state index contributed by atoms with van der Waals surface area (Å²) in [7, 11) is 0.734. The molecular weight excluding hydrogens is 179 g/mol. The predicted molar refractivity (Wildman–Crippen MR) is 31.1 cm³/mol. The molecule has 2 N–H and O–H groups in total. The van der Waals surface area contributed by atoms with Crippen LogP contribution in [-0.4, -0.2) is 31.1 Å². The lowest BCUT2D eigenvalue weighted by Gasteiger charge is -2.20. The zero-order valence-electron chi connectivity index (χ0n) is 6.01. The summed E-state index contributed by atoms with van der Waals surface area (Å²) in [4.78, 5) is 20.3. The third-order valence-electron chi connectivity index (χ3n) is 1.13. The van der Waals surface area contributed by atoms with Gasteiger partial charge in [-0.1, -0.05) is 0 Å². The molecule has 0 aliphatic rings. The Morgan fingerprint density at radius 1 is 1.50 bits per heavy atom. The minimum absolute atomic E-state index is 0.400. The Bertz CT molecular complexity index is 203. The van der Waals surface area contributed by atoms with E-state index in [0.717, 1.165) is 7.11 Å². The number of methoxy groups -OCH3 is 1. The van der Waals surface area contributed by atoms with Gasteiger partial charge in [0.15, 0.2) is 6.29 Å². The Labute approximate surface area is 65.5 Å². The van der Waals surface area contributed by atoms with E-state index < -0.39 is 24.0 Å². The standard InChI is InChI=1S/C5H6F3NO3/c1-12-4(9,2-10)3(11)5(6,7)8/h2H,9H2,1H3. The van der Waals surface area contributed by atoms with Crippen molar-refractivity contribution in [1.82, 2.24) is 0 Å². The number of aldehydes is 1. The van der Waals surface area contributed by atoms with Crippen molar-refractivity contribution >= 4 is 12.1 Å². The van der Waals surface area contributed by atoms with Crippen LogP contribution in [0.25, 0.3) is 0 Å². The van der Waals surface area contributed by atoms with Crippen LogP contribution in [0.15, 0.2) is 0 Å². The van der Waals surface area contributed by atoms with Crippen LogP contribution in [0.1, 0.15) is 0 Å². The van der Waals surface area contributed by atoms with Crippen molar-refractivity contribution in [2.24, 2.45) is 5.73 Å². The molecule has 0 saturated carbocycles. The van der Waals surface area contributed by atoms with Crippen LogP contribution < -0.4 is 5.73 Å². The van der Waals surface area contributed by atoms with Gasteiger partial charge in [0.2, 0.25) is 5.72 Å². The second-order valence-electron chi connectivity index (χ2n) is 1.94. The molecule has 0 radical (unpaired) electrons. The maximum atomic E-state index is 11.7. The molecule has 0 fully saturated rings. The Morgan fingerprint density at radius 3 is 2.00 bits per heavy atom. The minimum atomic E-state index is -5.17. The van der Waals surface area contributed by atoms with Crippen molar-refractivity contribution in [2.45, 2.75) is 11.9 Å². The van der Waals surface area contributed by atoms with Gasteiger partial charge in [0.1, 0.15) is 0 Å². The topological polar surface area (TPSA) is 69.4 Å². The monoisotopic (exact) mass is 185 g/mol. The van der Waals surface area contributed by atoms with Crippen LogP contribution in [0.5, 0.6) is 0 Å². The van der Waals surface area contributed by atoms with Crippen LogP contribution in [0.3, 0.4) is 0 Å². The number of ketones is 1. The molecule has 70 valence electrons. The molecule has 0 aromatic rings. The van der Waals surface area contributed by atoms with Crippen molar-refractivity contribution in [2.75, 3.05) is 7.11 Å². The first-order valence-electron chi connectivity index (χ1n) is 2.70. The zero-order chi connectivity index (χ0) is 9.99. The van der Waals surface area contributed by atoms with Gasteiger partial charge in [0.05, 0.1) is 0 Å². The van der Waals surface area contributed by atoms with E-state index in [-0.39, 0.29) is 0 Å². The summed E-state index contributed by atoms with van der Waals surface area (Å²) in [5.74, 6) is -2.42. The number of Topliss-reactive ketones (excluding diaryl/α,β-unsaturated/α-hetero) is 1. The average molecular weight is 185 g/mol. The number of carbonyl (C=O) groups excluding carboxylic acids is 2. The minimum Gasteiger partial charge on any atom is -0.351 e. The van der Waals surface area contributed by atoms with E-state index in [4.69, 9.17) is 0 Å². The fourth-order valence-corrected chi connectivity index (χ4v) is 0.416. The van der Waals surface area contributed by atoms with Crippen molar-refractivity contribution in [3.8, 4) is 0 Å². The predicted octanol–water partition coefficient (Wildman–Crippen LogP) is -0.382. The number of carbonyl (C=O) groups is 2. The molecule has 4 nitrogen and oxygen atoms in total. The Hall–Kier alpha value is -0.950. The van der Waals surface area contributed by atoms with E-state index in [1.54, 1.807) is 0 Å². The number of ether oxygens (including phenoxy) is 1.